The van der Waals surface area contributed by atoms with E-state index in [4.69, 9.17) is 24.9 Å². The van der Waals surface area contributed by atoms with Gasteiger partial charge in [0.1, 0.15) is 29.8 Å². The van der Waals surface area contributed by atoms with Crippen molar-refractivity contribution in [3.63, 3.8) is 0 Å². The van der Waals surface area contributed by atoms with E-state index in [-0.39, 0.29) is 11.4 Å². The molecule has 2 aliphatic rings. The number of terminal acetylenes is 1. The average molecular weight is 603 g/mol. The Labute approximate surface area is 241 Å². The summed E-state index contributed by atoms with van der Waals surface area (Å²) in [5, 5.41) is 13.5. The minimum atomic E-state index is -4.30. The van der Waals surface area contributed by atoms with Gasteiger partial charge >= 0.3 is 13.7 Å². The number of aromatic nitrogens is 4. The number of aliphatic hydroxyl groups excluding tert-OH is 1. The van der Waals surface area contributed by atoms with Gasteiger partial charge in [0.25, 0.3) is 0 Å². The van der Waals surface area contributed by atoms with Crippen LogP contribution >= 0.6 is 7.75 Å². The van der Waals surface area contributed by atoms with Gasteiger partial charge in [0.05, 0.1) is 20.0 Å². The van der Waals surface area contributed by atoms with Crippen LogP contribution in [-0.2, 0) is 23.4 Å². The van der Waals surface area contributed by atoms with Gasteiger partial charge in [-0.3, -0.25) is 13.9 Å². The van der Waals surface area contributed by atoms with Crippen LogP contribution < -0.4 is 14.5 Å². The quantitative estimate of drug-likeness (QED) is 0.189. The first-order valence-corrected chi connectivity index (χ1v) is 14.8. The van der Waals surface area contributed by atoms with Crippen LogP contribution in [0.25, 0.3) is 11.2 Å². The number of methoxy groups -OCH3 is 1. The Morgan fingerprint density at radius 2 is 2.10 bits per heavy atom. The number of para-hydroxylation sites is 1. The zero-order valence-electron chi connectivity index (χ0n) is 23.5. The van der Waals surface area contributed by atoms with Gasteiger partial charge in [-0.1, -0.05) is 24.1 Å². The van der Waals surface area contributed by atoms with E-state index in [1.165, 1.54) is 37.1 Å². The van der Waals surface area contributed by atoms with E-state index in [0.29, 0.717) is 23.2 Å². The molecule has 0 spiro atoms. The van der Waals surface area contributed by atoms with Crippen molar-refractivity contribution in [3.8, 4) is 18.1 Å². The number of halogens is 1. The van der Waals surface area contributed by atoms with Crippen molar-refractivity contribution in [2.75, 3.05) is 25.7 Å². The van der Waals surface area contributed by atoms with Crippen molar-refractivity contribution in [2.45, 2.75) is 62.9 Å². The lowest BCUT2D eigenvalue weighted by molar-refractivity contribution is -0.142. The van der Waals surface area contributed by atoms with Crippen molar-refractivity contribution in [2.24, 2.45) is 0 Å². The number of ether oxygens (including phenoxy) is 2. The number of rotatable bonds is 11. The largest absolute Gasteiger partial charge is 0.468 e. The fourth-order valence-electron chi connectivity index (χ4n) is 4.72. The van der Waals surface area contributed by atoms with Crippen LogP contribution in [-0.4, -0.2) is 81.3 Å². The lowest BCUT2D eigenvalue weighted by Crippen LogP contribution is -2.42. The first-order valence-electron chi connectivity index (χ1n) is 13.3. The Balaban J connectivity index is 1.41. The predicted molar refractivity (Wildman–Crippen MR) is 149 cm³/mol. The molecule has 1 saturated heterocycles. The van der Waals surface area contributed by atoms with E-state index < -0.39 is 50.5 Å². The van der Waals surface area contributed by atoms with Crippen LogP contribution in [0.5, 0.6) is 5.75 Å². The highest BCUT2D eigenvalue weighted by atomic mass is 31.2. The molecule has 1 aromatic carbocycles. The maximum Gasteiger partial charge on any atom is 0.459 e. The van der Waals surface area contributed by atoms with Gasteiger partial charge in [-0.05, 0) is 38.8 Å². The maximum absolute atomic E-state index is 16.3. The third-order valence-electron chi connectivity index (χ3n) is 7.15. The monoisotopic (exact) mass is 602 g/mol. The zero-order valence-corrected chi connectivity index (χ0v) is 24.4. The molecule has 6 atom stereocenters. The molecule has 5 rings (SSSR count). The van der Waals surface area contributed by atoms with Crippen LogP contribution in [0.15, 0.2) is 36.7 Å². The molecule has 3 aromatic rings. The molecule has 42 heavy (non-hydrogen) atoms. The smallest absolute Gasteiger partial charge is 0.459 e. The fourth-order valence-corrected chi connectivity index (χ4v) is 6.22. The summed E-state index contributed by atoms with van der Waals surface area (Å²) in [6, 6.07) is 7.32. The molecule has 0 radical (unpaired) electrons. The highest BCUT2D eigenvalue weighted by Crippen LogP contribution is 2.48. The van der Waals surface area contributed by atoms with E-state index in [1.54, 1.807) is 25.1 Å². The number of alkyl halides is 1. The molecule has 13 nitrogen and oxygen atoms in total. The van der Waals surface area contributed by atoms with Crippen molar-refractivity contribution < 1.29 is 37.4 Å². The number of hydrogen-bond donors (Lipinski definition) is 2. The lowest BCUT2D eigenvalue weighted by Gasteiger charge is -2.24. The number of nitrogens with zero attached hydrogens (tertiary/aromatic N) is 5. The van der Waals surface area contributed by atoms with Gasteiger partial charge in [-0.25, -0.2) is 23.9 Å². The highest BCUT2D eigenvalue weighted by Gasteiger charge is 2.58. The second kappa shape index (κ2) is 11.6. The number of carbonyl (C=O) groups is 1. The molecule has 2 N–H and O–H groups in total. The number of anilines is 1. The molecule has 3 heterocycles. The van der Waals surface area contributed by atoms with Crippen LogP contribution in [0.1, 0.15) is 31.8 Å². The molecular weight excluding hydrogens is 570 g/mol. The van der Waals surface area contributed by atoms with Crippen molar-refractivity contribution in [1.82, 2.24) is 24.6 Å². The van der Waals surface area contributed by atoms with Crippen molar-refractivity contribution in [3.05, 3.63) is 42.5 Å². The highest BCUT2D eigenvalue weighted by molar-refractivity contribution is 7.52. The summed E-state index contributed by atoms with van der Waals surface area (Å²) in [7, 11) is -1.22. The summed E-state index contributed by atoms with van der Waals surface area (Å²) >= 11 is 0. The molecular formula is C27H32FN6O7P. The topological polar surface area (TPSA) is 150 Å². The maximum atomic E-state index is 16.3. The average Bonchev–Trinajstić information content (AvgIpc) is 3.70. The van der Waals surface area contributed by atoms with E-state index in [1.807, 2.05) is 17.9 Å². The van der Waals surface area contributed by atoms with E-state index >= 15 is 4.39 Å². The summed E-state index contributed by atoms with van der Waals surface area (Å²) in [5.41, 5.74) is -2.04. The Hall–Kier alpha value is -3.60. The summed E-state index contributed by atoms with van der Waals surface area (Å²) in [6.07, 6.45) is 4.13. The van der Waals surface area contributed by atoms with Crippen LogP contribution in [0.4, 0.5) is 10.2 Å². The third kappa shape index (κ3) is 5.71. The Morgan fingerprint density at radius 3 is 2.74 bits per heavy atom. The second-order valence-corrected chi connectivity index (χ2v) is 11.9. The molecule has 2 fully saturated rings. The summed E-state index contributed by atoms with van der Waals surface area (Å²) in [4.78, 5) is 27.4. The minimum Gasteiger partial charge on any atom is -0.468 e. The minimum absolute atomic E-state index is 0.173. The SMILES string of the molecule is C#C[C@@]1(F)[C@H](O)[C@@H](CO[P@](=O)(N[C@@H](C)C(=O)OC)Oc2ccccc2)O[C@H]1n1cnc2c(N(C)C3CC3)nc(C)nc21. The van der Waals surface area contributed by atoms with Gasteiger partial charge in [0.2, 0.25) is 5.67 Å². The van der Waals surface area contributed by atoms with Crippen LogP contribution in [0.3, 0.4) is 0 Å². The molecule has 0 bridgehead atoms. The van der Waals surface area contributed by atoms with E-state index in [2.05, 4.69) is 20.0 Å². The van der Waals surface area contributed by atoms with E-state index in [9.17, 15) is 14.5 Å². The molecule has 224 valence electrons. The van der Waals surface area contributed by atoms with E-state index in [0.717, 1.165) is 12.8 Å². The molecule has 1 saturated carbocycles. The number of esters is 1. The molecule has 1 aliphatic heterocycles. The number of carbonyl (C=O) groups excluding carboxylic acids is 1. The van der Waals surface area contributed by atoms with Gasteiger partial charge in [-0.2, -0.15) is 5.09 Å². The van der Waals surface area contributed by atoms with Crippen LogP contribution in [0.2, 0.25) is 0 Å². The number of aliphatic hydroxyl groups is 1. The van der Waals surface area contributed by atoms with Gasteiger partial charge in [0, 0.05) is 13.1 Å². The summed E-state index contributed by atoms with van der Waals surface area (Å²) in [6.45, 7) is 2.49. The second-order valence-electron chi connectivity index (χ2n) is 10.2. The first-order chi connectivity index (χ1) is 20.0. The van der Waals surface area contributed by atoms with Gasteiger partial charge in [-0.15, -0.1) is 6.42 Å². The number of nitrogens with one attached hydrogen (secondary N) is 1. The van der Waals surface area contributed by atoms with Gasteiger partial charge < -0.3 is 24.0 Å². The zero-order chi connectivity index (χ0) is 30.2. The Kier molecular flexibility index (Phi) is 8.24. The number of imidazole rings is 1. The fraction of sp³-hybridized carbons (Fsp3) is 0.481. The Morgan fingerprint density at radius 1 is 1.38 bits per heavy atom. The molecule has 1 aliphatic carbocycles. The molecule has 2 aromatic heterocycles. The van der Waals surface area contributed by atoms with Crippen molar-refractivity contribution >= 4 is 30.7 Å². The normalized spacial score (nSPS) is 25.9. The number of hydrogen-bond acceptors (Lipinski definition) is 11. The predicted octanol–water partition coefficient (Wildman–Crippen LogP) is 2.69. The molecule has 15 heteroatoms. The summed E-state index contributed by atoms with van der Waals surface area (Å²) in [5.74, 6) is 2.49. The number of benzene rings is 1. The number of fused-ring (bicyclic) bond motifs is 1. The van der Waals surface area contributed by atoms with Crippen molar-refractivity contribution in [1.29, 1.82) is 0 Å². The molecule has 0 amide bonds. The third-order valence-corrected chi connectivity index (χ3v) is 8.79. The first kappa shape index (κ1) is 29.9. The lowest BCUT2D eigenvalue weighted by atomic mass is 9.97. The molecule has 0 unspecified atom stereocenters. The van der Waals surface area contributed by atoms with Gasteiger partial charge in [0.15, 0.2) is 23.2 Å². The Bertz CT molecular complexity index is 1550. The standard InChI is InChI=1S/C27H32FN6O7P/c1-6-27(28)22(35)20(14-39-42(37,32-16(2)25(36)38-5)41-19-10-8-7-9-11-19)40-26(27)34-15-29-21-23(33(4)18-12-13-18)30-17(3)31-24(21)34/h1,7-11,15-16,18,20,22,26,35H,12-14H2,2-5H3,(H,32,37)/t16-,20+,22+,26+,27+,42+/m0/s1. The van der Waals surface area contributed by atoms with Crippen LogP contribution in [0, 0.1) is 19.3 Å². The number of aryl methyl sites for hydroxylation is 1. The summed E-state index contributed by atoms with van der Waals surface area (Å²) < 4.78 is 53.1.